The fourth-order valence-corrected chi connectivity index (χ4v) is 4.54. The molecule has 1 N–H and O–H groups in total. The van der Waals surface area contributed by atoms with Crippen LogP contribution >= 0.6 is 0 Å². The van der Waals surface area contributed by atoms with Crippen LogP contribution in [0.4, 0.5) is 4.39 Å². The highest BCUT2D eigenvalue weighted by atomic mass is 19.1. The van der Waals surface area contributed by atoms with Crippen LogP contribution < -0.4 is 5.32 Å². The predicted octanol–water partition coefficient (Wildman–Crippen LogP) is 5.00. The number of nitrogens with zero attached hydrogens (tertiary/aromatic N) is 1. The van der Waals surface area contributed by atoms with Crippen molar-refractivity contribution in [2.45, 2.75) is 32.7 Å². The van der Waals surface area contributed by atoms with Gasteiger partial charge in [-0.1, -0.05) is 60.2 Å². The van der Waals surface area contributed by atoms with Gasteiger partial charge < -0.3 is 10.2 Å². The number of piperidine rings is 1. The van der Waals surface area contributed by atoms with Gasteiger partial charge in [0.2, 0.25) is 5.91 Å². The van der Waals surface area contributed by atoms with E-state index in [0.29, 0.717) is 37.2 Å². The highest BCUT2D eigenvalue weighted by Crippen LogP contribution is 2.32. The number of carbonyl (C=O) groups excluding carboxylic acids is 2. The third-order valence-corrected chi connectivity index (χ3v) is 6.33. The smallest absolute Gasteiger partial charge is 0.253 e. The Morgan fingerprint density at radius 1 is 0.970 bits per heavy atom. The zero-order valence-corrected chi connectivity index (χ0v) is 19.1. The Balaban J connectivity index is 1.55. The maximum absolute atomic E-state index is 13.9. The topological polar surface area (TPSA) is 49.4 Å². The molecule has 0 bridgehead atoms. The minimum absolute atomic E-state index is 0.0413. The molecule has 5 heteroatoms. The van der Waals surface area contributed by atoms with Gasteiger partial charge in [0, 0.05) is 31.1 Å². The zero-order valence-electron chi connectivity index (χ0n) is 19.1. The van der Waals surface area contributed by atoms with Gasteiger partial charge in [-0.2, -0.15) is 0 Å². The van der Waals surface area contributed by atoms with E-state index in [1.165, 1.54) is 6.07 Å². The molecule has 170 valence electrons. The van der Waals surface area contributed by atoms with E-state index < -0.39 is 0 Å². The fourth-order valence-electron chi connectivity index (χ4n) is 4.54. The highest BCUT2D eigenvalue weighted by Gasteiger charge is 2.35. The van der Waals surface area contributed by atoms with Crippen LogP contribution in [0.5, 0.6) is 0 Å². The van der Waals surface area contributed by atoms with E-state index in [4.69, 9.17) is 0 Å². The summed E-state index contributed by atoms with van der Waals surface area (Å²) in [6.07, 6.45) is 0.614. The van der Waals surface area contributed by atoms with Crippen molar-refractivity contribution >= 4 is 11.8 Å². The second-order valence-corrected chi connectivity index (χ2v) is 8.92. The van der Waals surface area contributed by atoms with Crippen molar-refractivity contribution in [1.82, 2.24) is 10.2 Å². The van der Waals surface area contributed by atoms with Crippen LogP contribution in [0.15, 0.2) is 72.8 Å². The number of rotatable bonds is 5. The van der Waals surface area contributed by atoms with E-state index in [1.807, 2.05) is 49.4 Å². The molecule has 1 heterocycles. The Bertz CT molecular complexity index is 1150. The van der Waals surface area contributed by atoms with Crippen LogP contribution in [-0.4, -0.2) is 29.8 Å². The number of likely N-dealkylation sites (tertiary alicyclic amines) is 1. The Hall–Kier alpha value is -3.47. The van der Waals surface area contributed by atoms with Gasteiger partial charge in [-0.05, 0) is 55.2 Å². The molecule has 3 aromatic rings. The molecule has 0 spiro atoms. The summed E-state index contributed by atoms with van der Waals surface area (Å²) >= 11 is 0. The van der Waals surface area contributed by atoms with E-state index in [9.17, 15) is 14.0 Å². The van der Waals surface area contributed by atoms with Crippen molar-refractivity contribution in [2.75, 3.05) is 13.1 Å². The molecule has 2 atom stereocenters. The van der Waals surface area contributed by atoms with Crippen LogP contribution in [0.2, 0.25) is 0 Å². The second kappa shape index (κ2) is 9.99. The van der Waals surface area contributed by atoms with Gasteiger partial charge in [0.25, 0.3) is 5.91 Å². The molecule has 4 rings (SSSR count). The number of hydrogen-bond donors (Lipinski definition) is 1. The van der Waals surface area contributed by atoms with Gasteiger partial charge in [-0.15, -0.1) is 0 Å². The van der Waals surface area contributed by atoms with Crippen LogP contribution in [0.1, 0.15) is 45.0 Å². The zero-order chi connectivity index (χ0) is 23.4. The van der Waals surface area contributed by atoms with Gasteiger partial charge in [-0.25, -0.2) is 4.39 Å². The third kappa shape index (κ3) is 5.48. The van der Waals surface area contributed by atoms with E-state index >= 15 is 0 Å². The molecule has 33 heavy (non-hydrogen) atoms. The number of hydrogen-bond acceptors (Lipinski definition) is 2. The second-order valence-electron chi connectivity index (χ2n) is 8.92. The third-order valence-electron chi connectivity index (χ3n) is 6.33. The summed E-state index contributed by atoms with van der Waals surface area (Å²) in [6.45, 7) is 5.07. The summed E-state index contributed by atoms with van der Waals surface area (Å²) in [5, 5.41) is 3.05. The van der Waals surface area contributed by atoms with Gasteiger partial charge in [0.15, 0.2) is 0 Å². The predicted molar refractivity (Wildman–Crippen MR) is 127 cm³/mol. The fraction of sp³-hybridized carbons (Fsp3) is 0.286. The summed E-state index contributed by atoms with van der Waals surface area (Å²) in [5.74, 6) is -0.784. The van der Waals surface area contributed by atoms with Crippen molar-refractivity contribution in [1.29, 1.82) is 0 Å². The molecule has 0 radical (unpaired) electrons. The molecular formula is C28H29FN2O2. The van der Waals surface area contributed by atoms with Gasteiger partial charge in [0.05, 0.1) is 5.92 Å². The van der Waals surface area contributed by atoms with Gasteiger partial charge >= 0.3 is 0 Å². The van der Waals surface area contributed by atoms with E-state index in [2.05, 4.69) is 11.4 Å². The maximum atomic E-state index is 13.9. The van der Waals surface area contributed by atoms with Crippen molar-refractivity contribution in [3.05, 3.63) is 106 Å². The van der Waals surface area contributed by atoms with Crippen molar-refractivity contribution in [3.63, 3.8) is 0 Å². The molecule has 0 saturated carbocycles. The summed E-state index contributed by atoms with van der Waals surface area (Å²) in [4.78, 5) is 28.1. The first-order valence-electron chi connectivity index (χ1n) is 11.3. The van der Waals surface area contributed by atoms with Crippen molar-refractivity contribution in [2.24, 2.45) is 5.92 Å². The number of halogens is 1. The van der Waals surface area contributed by atoms with Gasteiger partial charge in [0.1, 0.15) is 5.82 Å². The summed E-state index contributed by atoms with van der Waals surface area (Å²) in [5.41, 5.74) is 4.32. The highest BCUT2D eigenvalue weighted by molar-refractivity contribution is 5.94. The van der Waals surface area contributed by atoms with Gasteiger partial charge in [-0.3, -0.25) is 9.59 Å². The standard InChI is InChI=1S/C28H29FN2O2/c1-19-7-6-8-21(13-19)16-30-27(32)25-15-24(23-11-12-26(29)20(2)14-23)17-31(18-25)28(33)22-9-4-3-5-10-22/h3-14,24-25H,15-18H2,1-2H3,(H,30,32)/t24-,25+/m1/s1. The molecule has 0 unspecified atom stereocenters. The first kappa shape index (κ1) is 22.7. The Morgan fingerprint density at radius 2 is 1.76 bits per heavy atom. The lowest BCUT2D eigenvalue weighted by Crippen LogP contribution is -2.48. The maximum Gasteiger partial charge on any atom is 0.253 e. The van der Waals surface area contributed by atoms with E-state index in [-0.39, 0.29) is 29.5 Å². The first-order valence-corrected chi connectivity index (χ1v) is 11.3. The lowest BCUT2D eigenvalue weighted by atomic mass is 9.83. The van der Waals surface area contributed by atoms with Crippen LogP contribution in [0, 0.1) is 25.6 Å². The number of nitrogens with one attached hydrogen (secondary N) is 1. The molecule has 3 aromatic carbocycles. The first-order chi connectivity index (χ1) is 15.9. The summed E-state index contributed by atoms with van der Waals surface area (Å²) in [7, 11) is 0. The van der Waals surface area contributed by atoms with Crippen molar-refractivity contribution in [3.8, 4) is 0 Å². The monoisotopic (exact) mass is 444 g/mol. The van der Waals surface area contributed by atoms with E-state index in [0.717, 1.165) is 16.7 Å². The SMILES string of the molecule is Cc1cccc(CNC(=O)[C@H]2C[C@@H](c3ccc(F)c(C)c3)CN(C(=O)c3ccccc3)C2)c1. The van der Waals surface area contributed by atoms with Crippen LogP contribution in [0.25, 0.3) is 0 Å². The average Bonchev–Trinajstić information content (AvgIpc) is 2.84. The lowest BCUT2D eigenvalue weighted by molar-refractivity contribution is -0.126. The summed E-state index contributed by atoms with van der Waals surface area (Å²) in [6, 6.07) is 22.2. The quantitative estimate of drug-likeness (QED) is 0.602. The van der Waals surface area contributed by atoms with Crippen molar-refractivity contribution < 1.29 is 14.0 Å². The number of aryl methyl sites for hydroxylation is 2. The van der Waals surface area contributed by atoms with Crippen LogP contribution in [0.3, 0.4) is 0 Å². The minimum Gasteiger partial charge on any atom is -0.352 e. The van der Waals surface area contributed by atoms with Crippen LogP contribution in [-0.2, 0) is 11.3 Å². The molecule has 0 aromatic heterocycles. The summed E-state index contributed by atoms with van der Waals surface area (Å²) < 4.78 is 13.9. The normalized spacial score (nSPS) is 18.1. The molecule has 0 aliphatic carbocycles. The molecule has 1 fully saturated rings. The molecule has 4 nitrogen and oxygen atoms in total. The molecular weight excluding hydrogens is 415 g/mol. The largest absolute Gasteiger partial charge is 0.352 e. The average molecular weight is 445 g/mol. The number of benzene rings is 3. The molecule has 1 saturated heterocycles. The Kier molecular flexibility index (Phi) is 6.87. The number of amides is 2. The minimum atomic E-state index is -0.341. The lowest BCUT2D eigenvalue weighted by Gasteiger charge is -2.37. The number of carbonyl (C=O) groups is 2. The van der Waals surface area contributed by atoms with E-state index in [1.54, 1.807) is 30.0 Å². The molecule has 1 aliphatic heterocycles. The molecule has 1 aliphatic rings. The molecule has 2 amide bonds. The Morgan fingerprint density at radius 3 is 2.48 bits per heavy atom. The Labute approximate surface area is 194 Å².